The van der Waals surface area contributed by atoms with Crippen molar-refractivity contribution in [2.24, 2.45) is 11.7 Å². The van der Waals surface area contributed by atoms with Gasteiger partial charge in [-0.25, -0.2) is 0 Å². The molecule has 0 amide bonds. The Morgan fingerprint density at radius 3 is 3.07 bits per heavy atom. The van der Waals surface area contributed by atoms with Crippen LogP contribution in [0.2, 0.25) is 0 Å². The van der Waals surface area contributed by atoms with Gasteiger partial charge in [0, 0.05) is 12.4 Å². The van der Waals surface area contributed by atoms with Crippen molar-refractivity contribution in [3.8, 4) is 0 Å². The minimum absolute atomic E-state index is 0.0688. The highest BCUT2D eigenvalue weighted by Crippen LogP contribution is 2.40. The molecule has 3 atom stereocenters. The lowest BCUT2D eigenvalue weighted by Crippen LogP contribution is -2.48. The van der Waals surface area contributed by atoms with E-state index in [1.165, 1.54) is 0 Å². The van der Waals surface area contributed by atoms with Crippen LogP contribution in [0.4, 0.5) is 0 Å². The molecule has 2 aliphatic rings. The van der Waals surface area contributed by atoms with Crippen LogP contribution in [0.15, 0.2) is 0 Å². The lowest BCUT2D eigenvalue weighted by Gasteiger charge is -2.38. The molecular formula is C10H17NO3S. The van der Waals surface area contributed by atoms with Crippen molar-refractivity contribution in [1.82, 2.24) is 0 Å². The molecule has 5 heteroatoms. The first-order valence-corrected chi connectivity index (χ1v) is 6.49. The third-order valence-corrected chi connectivity index (χ3v) is 4.61. The highest BCUT2D eigenvalue weighted by atomic mass is 32.2. The number of carboxylic acids is 1. The van der Waals surface area contributed by atoms with Crippen LogP contribution in [0.5, 0.6) is 0 Å². The average Bonchev–Trinajstić information content (AvgIpc) is 2.65. The van der Waals surface area contributed by atoms with Crippen molar-refractivity contribution >= 4 is 17.7 Å². The number of hydrogen-bond donors (Lipinski definition) is 2. The van der Waals surface area contributed by atoms with Gasteiger partial charge in [0.2, 0.25) is 0 Å². The maximum atomic E-state index is 10.8. The molecule has 3 N–H and O–H groups in total. The van der Waals surface area contributed by atoms with Gasteiger partial charge >= 0.3 is 5.97 Å². The van der Waals surface area contributed by atoms with Crippen LogP contribution < -0.4 is 5.73 Å². The number of carboxylic acid groups (broad SMARTS) is 1. The largest absolute Gasteiger partial charge is 0.480 e. The van der Waals surface area contributed by atoms with E-state index in [-0.39, 0.29) is 11.5 Å². The van der Waals surface area contributed by atoms with Crippen molar-refractivity contribution in [3.05, 3.63) is 0 Å². The number of nitrogens with two attached hydrogens (primary N) is 1. The molecule has 4 nitrogen and oxygen atoms in total. The van der Waals surface area contributed by atoms with Gasteiger partial charge in [0.05, 0.1) is 5.60 Å². The fraction of sp³-hybridized carbons (Fsp3) is 0.900. The molecule has 0 saturated carbocycles. The first-order chi connectivity index (χ1) is 7.13. The molecule has 2 heterocycles. The van der Waals surface area contributed by atoms with Crippen LogP contribution in [-0.4, -0.2) is 40.8 Å². The summed E-state index contributed by atoms with van der Waals surface area (Å²) >= 11 is 1.89. The molecule has 0 aromatic carbocycles. The van der Waals surface area contributed by atoms with E-state index >= 15 is 0 Å². The Morgan fingerprint density at radius 2 is 2.47 bits per heavy atom. The fourth-order valence-electron chi connectivity index (χ4n) is 2.44. The zero-order chi connectivity index (χ0) is 10.9. The highest BCUT2D eigenvalue weighted by molar-refractivity contribution is 7.99. The molecule has 86 valence electrons. The van der Waals surface area contributed by atoms with E-state index in [9.17, 15) is 4.79 Å². The van der Waals surface area contributed by atoms with Gasteiger partial charge in [-0.1, -0.05) is 0 Å². The van der Waals surface area contributed by atoms with Gasteiger partial charge < -0.3 is 15.6 Å². The predicted molar refractivity (Wildman–Crippen MR) is 59.0 cm³/mol. The first-order valence-electron chi connectivity index (χ1n) is 5.33. The summed E-state index contributed by atoms with van der Waals surface area (Å²) in [5, 5.41) is 8.89. The minimum atomic E-state index is -0.886. The third-order valence-electron chi connectivity index (χ3n) is 3.39. The Labute approximate surface area is 93.5 Å². The molecule has 0 aromatic heterocycles. The van der Waals surface area contributed by atoms with E-state index in [2.05, 4.69) is 0 Å². The van der Waals surface area contributed by atoms with Gasteiger partial charge in [-0.3, -0.25) is 4.79 Å². The van der Waals surface area contributed by atoms with Crippen LogP contribution in [0.25, 0.3) is 0 Å². The summed E-state index contributed by atoms with van der Waals surface area (Å²) in [4.78, 5) is 10.8. The maximum Gasteiger partial charge on any atom is 0.320 e. The summed E-state index contributed by atoms with van der Waals surface area (Å²) in [6, 6.07) is -0.726. The number of carbonyl (C=O) groups is 1. The second-order valence-electron chi connectivity index (χ2n) is 4.45. The van der Waals surface area contributed by atoms with E-state index in [4.69, 9.17) is 15.6 Å². The van der Waals surface area contributed by atoms with E-state index in [1.54, 1.807) is 0 Å². The SMILES string of the molecule is N[C@@H](C(=O)O)C1CCOC2(CCSC2)C1. The summed E-state index contributed by atoms with van der Waals surface area (Å²) < 4.78 is 5.82. The number of rotatable bonds is 2. The van der Waals surface area contributed by atoms with E-state index in [0.717, 1.165) is 30.8 Å². The third kappa shape index (κ3) is 2.29. The smallest absolute Gasteiger partial charge is 0.320 e. The number of ether oxygens (including phenoxy) is 1. The lowest BCUT2D eigenvalue weighted by atomic mass is 9.81. The predicted octanol–water partition coefficient (Wildman–Crippen LogP) is 0.701. The number of aliphatic carboxylic acids is 1. The van der Waals surface area contributed by atoms with E-state index in [0.29, 0.717) is 6.61 Å². The summed E-state index contributed by atoms with van der Waals surface area (Å²) in [7, 11) is 0. The van der Waals surface area contributed by atoms with Crippen LogP contribution in [0, 0.1) is 5.92 Å². The molecule has 2 fully saturated rings. The lowest BCUT2D eigenvalue weighted by molar-refractivity contribution is -0.143. The average molecular weight is 231 g/mol. The number of hydrogen-bond acceptors (Lipinski definition) is 4. The second kappa shape index (κ2) is 4.31. The molecule has 0 aromatic rings. The summed E-state index contributed by atoms with van der Waals surface area (Å²) in [5.74, 6) is 1.31. The normalized spacial score (nSPS) is 38.1. The van der Waals surface area contributed by atoms with Gasteiger partial charge in [-0.05, 0) is 30.9 Å². The Bertz CT molecular complexity index is 253. The summed E-state index contributed by atoms with van der Waals surface area (Å²) in [6.07, 6.45) is 2.63. The van der Waals surface area contributed by atoms with Gasteiger partial charge in [0.25, 0.3) is 0 Å². The Hall–Kier alpha value is -0.260. The molecule has 15 heavy (non-hydrogen) atoms. The molecule has 1 spiro atoms. The molecule has 0 bridgehead atoms. The summed E-state index contributed by atoms with van der Waals surface area (Å²) in [5.41, 5.74) is 5.61. The van der Waals surface area contributed by atoms with Crippen LogP contribution in [0.1, 0.15) is 19.3 Å². The monoisotopic (exact) mass is 231 g/mol. The van der Waals surface area contributed by atoms with Crippen molar-refractivity contribution in [2.45, 2.75) is 30.9 Å². The zero-order valence-electron chi connectivity index (χ0n) is 8.65. The van der Waals surface area contributed by atoms with Crippen LogP contribution in [0.3, 0.4) is 0 Å². The van der Waals surface area contributed by atoms with Gasteiger partial charge in [0.1, 0.15) is 6.04 Å². The molecule has 0 radical (unpaired) electrons. The minimum Gasteiger partial charge on any atom is -0.480 e. The van der Waals surface area contributed by atoms with Crippen molar-refractivity contribution in [1.29, 1.82) is 0 Å². The molecule has 2 aliphatic heterocycles. The van der Waals surface area contributed by atoms with E-state index < -0.39 is 12.0 Å². The topological polar surface area (TPSA) is 72.6 Å². The molecular weight excluding hydrogens is 214 g/mol. The molecule has 2 saturated heterocycles. The van der Waals surface area contributed by atoms with Gasteiger partial charge in [-0.2, -0.15) is 11.8 Å². The fourth-order valence-corrected chi connectivity index (χ4v) is 3.82. The molecule has 0 aliphatic carbocycles. The van der Waals surface area contributed by atoms with Gasteiger partial charge in [-0.15, -0.1) is 0 Å². The van der Waals surface area contributed by atoms with Crippen molar-refractivity contribution < 1.29 is 14.6 Å². The van der Waals surface area contributed by atoms with E-state index in [1.807, 2.05) is 11.8 Å². The maximum absolute atomic E-state index is 10.8. The van der Waals surface area contributed by atoms with Gasteiger partial charge in [0.15, 0.2) is 0 Å². The second-order valence-corrected chi connectivity index (χ2v) is 5.56. The highest BCUT2D eigenvalue weighted by Gasteiger charge is 2.43. The quantitative estimate of drug-likeness (QED) is 0.732. The standard InChI is InChI=1S/C10H17NO3S/c11-8(9(12)13)7-1-3-14-10(5-7)2-4-15-6-10/h7-8H,1-6,11H2,(H,12,13)/t7?,8-,10?/m1/s1. The number of thioether (sulfide) groups is 1. The Kier molecular flexibility index (Phi) is 3.23. The Morgan fingerprint density at radius 1 is 1.67 bits per heavy atom. The summed E-state index contributed by atoms with van der Waals surface area (Å²) in [6.45, 7) is 0.659. The zero-order valence-corrected chi connectivity index (χ0v) is 9.46. The molecule has 2 rings (SSSR count). The molecule has 2 unspecified atom stereocenters. The Balaban J connectivity index is 2.00. The first kappa shape index (κ1) is 11.2. The van der Waals surface area contributed by atoms with Crippen LogP contribution in [-0.2, 0) is 9.53 Å². The van der Waals surface area contributed by atoms with Crippen LogP contribution >= 0.6 is 11.8 Å². The van der Waals surface area contributed by atoms with Crippen molar-refractivity contribution in [3.63, 3.8) is 0 Å². The van der Waals surface area contributed by atoms with Crippen molar-refractivity contribution in [2.75, 3.05) is 18.1 Å².